The molecule has 0 saturated carbocycles. The van der Waals surface area contributed by atoms with Gasteiger partial charge in [-0.05, 0) is 31.1 Å². The molecule has 0 spiro atoms. The maximum absolute atomic E-state index is 12.9. The minimum Gasteiger partial charge on any atom is -0.461 e. The van der Waals surface area contributed by atoms with Crippen molar-refractivity contribution < 1.29 is 22.7 Å². The molecule has 27 heavy (non-hydrogen) atoms. The van der Waals surface area contributed by atoms with E-state index in [1.54, 1.807) is 0 Å². The first-order valence-corrected chi connectivity index (χ1v) is 13.9. The molecule has 6 heteroatoms. The molecule has 0 aliphatic heterocycles. The van der Waals surface area contributed by atoms with E-state index >= 15 is 0 Å². The average molecular weight is 413 g/mol. The van der Waals surface area contributed by atoms with E-state index in [1.165, 1.54) is 19.4 Å². The van der Waals surface area contributed by atoms with Crippen LogP contribution in [0.3, 0.4) is 0 Å². The van der Waals surface area contributed by atoms with E-state index in [1.807, 2.05) is 27.7 Å². The fourth-order valence-electron chi connectivity index (χ4n) is 2.95. The Balaban J connectivity index is 0. The predicted molar refractivity (Wildman–Crippen MR) is 112 cm³/mol. The first-order valence-electron chi connectivity index (χ1n) is 10.2. The highest BCUT2D eigenvalue weighted by molar-refractivity contribution is 6.76. The first-order chi connectivity index (χ1) is 11.9. The zero-order valence-electron chi connectivity index (χ0n) is 19.4. The minimum atomic E-state index is -4.59. The van der Waals surface area contributed by atoms with Crippen molar-refractivity contribution in [2.45, 2.75) is 106 Å². The monoisotopic (exact) mass is 412 g/mol. The van der Waals surface area contributed by atoms with Gasteiger partial charge < -0.3 is 4.74 Å². The quantitative estimate of drug-likeness (QED) is 0.304. The van der Waals surface area contributed by atoms with Crippen LogP contribution in [-0.4, -0.2) is 26.3 Å². The van der Waals surface area contributed by atoms with Gasteiger partial charge in [0.05, 0.1) is 0 Å². The predicted octanol–water partition coefficient (Wildman–Crippen LogP) is 7.56. The normalized spacial score (nSPS) is 16.0. The fourth-order valence-corrected chi connectivity index (χ4v) is 5.33. The summed E-state index contributed by atoms with van der Waals surface area (Å²) in [5.41, 5.74) is -2.42. The van der Waals surface area contributed by atoms with Gasteiger partial charge in [-0.3, -0.25) is 4.79 Å². The molecule has 0 amide bonds. The Bertz CT molecular complexity index is 420. The van der Waals surface area contributed by atoms with Crippen molar-refractivity contribution in [3.63, 3.8) is 0 Å². The number of hydrogen-bond acceptors (Lipinski definition) is 2. The Labute approximate surface area is 166 Å². The van der Waals surface area contributed by atoms with E-state index in [9.17, 15) is 18.0 Å². The Kier molecular flexibility index (Phi) is 12.2. The van der Waals surface area contributed by atoms with E-state index in [2.05, 4.69) is 33.5 Å². The van der Waals surface area contributed by atoms with Crippen molar-refractivity contribution in [1.29, 1.82) is 0 Å². The summed E-state index contributed by atoms with van der Waals surface area (Å²) >= 11 is 0. The van der Waals surface area contributed by atoms with Gasteiger partial charge in [0.1, 0.15) is 6.10 Å². The van der Waals surface area contributed by atoms with Crippen LogP contribution in [0.15, 0.2) is 0 Å². The number of alkyl halides is 3. The number of carbonyl (C=O) groups is 1. The molecule has 0 aromatic heterocycles. The van der Waals surface area contributed by atoms with Gasteiger partial charge in [0.25, 0.3) is 0 Å². The van der Waals surface area contributed by atoms with Crippen molar-refractivity contribution in [3.05, 3.63) is 0 Å². The zero-order chi connectivity index (χ0) is 22.2. The van der Waals surface area contributed by atoms with Crippen LogP contribution in [0.25, 0.3) is 0 Å². The van der Waals surface area contributed by atoms with Gasteiger partial charge in [-0.1, -0.05) is 80.6 Å². The van der Waals surface area contributed by atoms with Crippen LogP contribution in [-0.2, 0) is 9.53 Å². The van der Waals surface area contributed by atoms with Gasteiger partial charge in [0.15, 0.2) is 5.41 Å². The summed E-state index contributed by atoms with van der Waals surface area (Å²) in [5, 5.41) is 0. The van der Waals surface area contributed by atoms with Gasteiger partial charge in [-0.2, -0.15) is 13.2 Å². The number of esters is 1. The summed E-state index contributed by atoms with van der Waals surface area (Å²) < 4.78 is 43.8. The maximum atomic E-state index is 12.9. The summed E-state index contributed by atoms with van der Waals surface area (Å²) in [6.45, 7) is 21.5. The molecular formula is C21H43F3O2Si. The van der Waals surface area contributed by atoms with Crippen LogP contribution in [0.1, 0.15) is 68.2 Å². The van der Waals surface area contributed by atoms with E-state index in [4.69, 9.17) is 4.74 Å². The summed E-state index contributed by atoms with van der Waals surface area (Å²) in [4.78, 5) is 11.8. The van der Waals surface area contributed by atoms with Crippen LogP contribution in [0.2, 0.25) is 25.7 Å². The second-order valence-electron chi connectivity index (χ2n) is 9.82. The molecule has 2 atom stereocenters. The molecule has 0 fully saturated rings. The number of ether oxygens (including phenoxy) is 1. The molecule has 0 aliphatic carbocycles. The topological polar surface area (TPSA) is 26.3 Å². The number of halogens is 3. The largest absolute Gasteiger partial charge is 0.461 e. The Morgan fingerprint density at radius 2 is 1.37 bits per heavy atom. The Hall–Kier alpha value is -0.523. The van der Waals surface area contributed by atoms with Crippen LogP contribution >= 0.6 is 0 Å². The highest BCUT2D eigenvalue weighted by Gasteiger charge is 2.57. The van der Waals surface area contributed by atoms with E-state index in [-0.39, 0.29) is 18.3 Å². The molecule has 0 saturated heterocycles. The SMILES string of the molecule is CCC(C)(C(=O)OC(C(C)C)C(C)C)C(F)(F)F.CCC(C)C[Si](C)(C)C. The molecular weight excluding hydrogens is 369 g/mol. The van der Waals surface area contributed by atoms with Crippen LogP contribution in [0, 0.1) is 23.2 Å². The lowest BCUT2D eigenvalue weighted by molar-refractivity contribution is -0.235. The van der Waals surface area contributed by atoms with Crippen molar-refractivity contribution in [2.24, 2.45) is 23.2 Å². The lowest BCUT2D eigenvalue weighted by Crippen LogP contribution is -2.45. The van der Waals surface area contributed by atoms with E-state index < -0.39 is 31.7 Å². The third-order valence-electron chi connectivity index (χ3n) is 5.00. The molecule has 0 N–H and O–H groups in total. The summed E-state index contributed by atoms with van der Waals surface area (Å²) in [5.74, 6) is -0.242. The standard InChI is InChI=1S/C13H23F3O2.C8H20Si/c1-7-12(6,13(14,15)16)11(17)18-10(8(2)3)9(4)5;1-6-8(2)7-9(3,4)5/h8-10H,7H2,1-6H3;8H,6-7H2,1-5H3. The zero-order valence-corrected chi connectivity index (χ0v) is 20.4. The highest BCUT2D eigenvalue weighted by atomic mass is 28.3. The minimum absolute atomic E-state index is 0.0108. The molecule has 0 bridgehead atoms. The molecule has 0 aromatic carbocycles. The second kappa shape index (κ2) is 11.5. The molecule has 0 rings (SSSR count). The van der Waals surface area contributed by atoms with E-state index in [0.29, 0.717) is 0 Å². The van der Waals surface area contributed by atoms with Gasteiger partial charge in [0.2, 0.25) is 0 Å². The number of carbonyl (C=O) groups excluding carboxylic acids is 1. The Morgan fingerprint density at radius 1 is 0.963 bits per heavy atom. The van der Waals surface area contributed by atoms with Crippen LogP contribution in [0.4, 0.5) is 13.2 Å². The smallest absolute Gasteiger partial charge is 0.404 e. The van der Waals surface area contributed by atoms with Crippen molar-refractivity contribution >= 4 is 14.0 Å². The molecule has 0 heterocycles. The molecule has 0 radical (unpaired) electrons. The lowest BCUT2D eigenvalue weighted by Gasteiger charge is -2.33. The van der Waals surface area contributed by atoms with Gasteiger partial charge in [-0.15, -0.1) is 0 Å². The number of rotatable bonds is 8. The van der Waals surface area contributed by atoms with Gasteiger partial charge >= 0.3 is 12.1 Å². The third-order valence-corrected chi connectivity index (χ3v) is 6.92. The molecule has 164 valence electrons. The summed E-state index contributed by atoms with van der Waals surface area (Å²) in [7, 11) is -0.741. The molecule has 2 unspecified atom stereocenters. The fraction of sp³-hybridized carbons (Fsp3) is 0.952. The average Bonchev–Trinajstić information content (AvgIpc) is 2.48. The summed E-state index contributed by atoms with van der Waals surface area (Å²) in [6.07, 6.45) is -4.05. The van der Waals surface area contributed by atoms with Crippen LogP contribution < -0.4 is 0 Å². The second-order valence-corrected chi connectivity index (χ2v) is 15.3. The van der Waals surface area contributed by atoms with Crippen LogP contribution in [0.5, 0.6) is 0 Å². The molecule has 0 aromatic rings. The molecule has 2 nitrogen and oxygen atoms in total. The molecule has 0 aliphatic rings. The van der Waals surface area contributed by atoms with Crippen molar-refractivity contribution in [2.75, 3.05) is 0 Å². The van der Waals surface area contributed by atoms with Crippen molar-refractivity contribution in [3.8, 4) is 0 Å². The van der Waals surface area contributed by atoms with E-state index in [0.717, 1.165) is 12.8 Å². The third kappa shape index (κ3) is 10.6. The first kappa shape index (κ1) is 28.7. The van der Waals surface area contributed by atoms with Gasteiger partial charge in [-0.25, -0.2) is 0 Å². The number of hydrogen-bond donors (Lipinski definition) is 0. The lowest BCUT2D eigenvalue weighted by atomic mass is 9.86. The Morgan fingerprint density at radius 3 is 1.56 bits per heavy atom. The van der Waals surface area contributed by atoms with Gasteiger partial charge in [0, 0.05) is 8.07 Å². The highest BCUT2D eigenvalue weighted by Crippen LogP contribution is 2.42. The summed E-state index contributed by atoms with van der Waals surface area (Å²) in [6, 6.07) is 1.49. The maximum Gasteiger partial charge on any atom is 0.404 e. The van der Waals surface area contributed by atoms with Crippen molar-refractivity contribution in [1.82, 2.24) is 0 Å².